The highest BCUT2D eigenvalue weighted by molar-refractivity contribution is 5.92. The summed E-state index contributed by atoms with van der Waals surface area (Å²) in [7, 11) is 3.34. The molecule has 4 aliphatic rings. The number of nitrogens with zero attached hydrogens (tertiary/aromatic N) is 5. The molecule has 4 aromatic rings. The van der Waals surface area contributed by atoms with Gasteiger partial charge >= 0.3 is 6.09 Å². The average Bonchev–Trinajstić information content (AvgIpc) is 4.23. The van der Waals surface area contributed by atoms with Crippen LogP contribution in [0, 0.1) is 11.8 Å². The third-order valence-corrected chi connectivity index (χ3v) is 16.8. The van der Waals surface area contributed by atoms with Crippen molar-refractivity contribution in [3.05, 3.63) is 72.1 Å². The zero-order valence-electron chi connectivity index (χ0n) is 45.5. The lowest BCUT2D eigenvalue weighted by molar-refractivity contribution is -0.140. The summed E-state index contributed by atoms with van der Waals surface area (Å²) in [5.74, 6) is -0.205. The van der Waals surface area contributed by atoms with Crippen LogP contribution in [0.25, 0.3) is 21.8 Å². The highest BCUT2D eigenvalue weighted by atomic mass is 16.6. The predicted molar refractivity (Wildman–Crippen MR) is 291 cm³/mol. The number of likely N-dealkylation sites (N-methyl/N-ethyl adjacent to an activating group) is 2. The van der Waals surface area contributed by atoms with Crippen LogP contribution in [0.4, 0.5) is 4.79 Å². The third-order valence-electron chi connectivity index (χ3n) is 16.8. The molecule has 4 heterocycles. The van der Waals surface area contributed by atoms with Crippen LogP contribution in [0.15, 0.2) is 60.9 Å². The first-order valence-corrected chi connectivity index (χ1v) is 28.2. The molecule has 2 aromatic heterocycles. The van der Waals surface area contributed by atoms with Gasteiger partial charge in [0.25, 0.3) is 0 Å². The Balaban J connectivity index is 0.889. The van der Waals surface area contributed by atoms with Crippen molar-refractivity contribution in [1.82, 2.24) is 39.8 Å². The van der Waals surface area contributed by atoms with E-state index in [1.807, 2.05) is 11.8 Å². The van der Waals surface area contributed by atoms with Gasteiger partial charge in [-0.25, -0.2) is 4.79 Å². The average molecular weight is 1020 g/mol. The van der Waals surface area contributed by atoms with E-state index >= 15 is 0 Å². The first kappa shape index (κ1) is 54.8. The lowest BCUT2D eigenvalue weighted by Crippen LogP contribution is -2.57. The second kappa shape index (κ2) is 25.0. The van der Waals surface area contributed by atoms with Gasteiger partial charge in [-0.05, 0) is 141 Å². The molecule has 2 saturated heterocycles. The minimum Gasteiger partial charge on any atom is -0.444 e. The maximum absolute atomic E-state index is 14.7. The number of hydrogen-bond donors (Lipinski definition) is 3. The Morgan fingerprint density at radius 1 is 0.635 bits per heavy atom. The minimum absolute atomic E-state index is 0.000222. The fourth-order valence-corrected chi connectivity index (χ4v) is 12.4. The van der Waals surface area contributed by atoms with E-state index in [2.05, 4.69) is 90.9 Å². The highest BCUT2D eigenvalue weighted by Crippen LogP contribution is 2.34. The van der Waals surface area contributed by atoms with Crippen molar-refractivity contribution in [3.63, 3.8) is 0 Å². The fourth-order valence-electron chi connectivity index (χ4n) is 12.4. The first-order chi connectivity index (χ1) is 35.6. The number of benzene rings is 2. The molecule has 0 unspecified atom stereocenters. The van der Waals surface area contributed by atoms with Crippen LogP contribution in [-0.2, 0) is 54.6 Å². The number of ether oxygens (including phenoxy) is 2. The number of nitrogens with one attached hydrogen (secondary N) is 3. The van der Waals surface area contributed by atoms with Gasteiger partial charge in [0.15, 0.2) is 0 Å². The maximum atomic E-state index is 14.7. The van der Waals surface area contributed by atoms with Crippen LogP contribution < -0.4 is 16.0 Å². The van der Waals surface area contributed by atoms with E-state index in [4.69, 9.17) is 9.47 Å². The largest absolute Gasteiger partial charge is 0.444 e. The molecule has 2 aromatic carbocycles. The summed E-state index contributed by atoms with van der Waals surface area (Å²) in [5.41, 5.74) is 4.02. The fraction of sp³-hybridized carbons (Fsp3) is 0.644. The molecule has 0 bridgehead atoms. The molecule has 0 spiro atoms. The van der Waals surface area contributed by atoms with E-state index in [-0.39, 0.29) is 53.6 Å². The lowest BCUT2D eigenvalue weighted by Gasteiger charge is -2.36. The van der Waals surface area contributed by atoms with Crippen LogP contribution in [0.3, 0.4) is 0 Å². The Bertz CT molecular complexity index is 2550. The Morgan fingerprint density at radius 3 is 1.53 bits per heavy atom. The van der Waals surface area contributed by atoms with Crippen molar-refractivity contribution in [2.45, 2.75) is 192 Å². The number of para-hydroxylation sites is 2. The molecule has 74 heavy (non-hydrogen) atoms. The quantitative estimate of drug-likeness (QED) is 0.0746. The molecule has 2 aliphatic carbocycles. The molecule has 8 rings (SSSR count). The number of rotatable bonds is 20. The summed E-state index contributed by atoms with van der Waals surface area (Å²) in [5, 5.41) is 11.8. The highest BCUT2D eigenvalue weighted by Gasteiger charge is 2.41. The summed E-state index contributed by atoms with van der Waals surface area (Å²) in [6.45, 7) is 12.7. The molecule has 404 valence electrons. The third kappa shape index (κ3) is 13.2. The van der Waals surface area contributed by atoms with Gasteiger partial charge in [-0.2, -0.15) is 0 Å². The summed E-state index contributed by atoms with van der Waals surface area (Å²) < 4.78 is 16.5. The van der Waals surface area contributed by atoms with Crippen LogP contribution in [0.5, 0.6) is 0 Å². The van der Waals surface area contributed by atoms with Gasteiger partial charge in [0.05, 0.1) is 19.3 Å². The molecule has 2 aliphatic heterocycles. The molecule has 2 saturated carbocycles. The number of aromatic nitrogens is 2. The van der Waals surface area contributed by atoms with Gasteiger partial charge in [-0.3, -0.25) is 24.1 Å². The number of amides is 5. The molecule has 5 amide bonds. The van der Waals surface area contributed by atoms with Crippen molar-refractivity contribution >= 4 is 51.5 Å². The predicted octanol–water partition coefficient (Wildman–Crippen LogP) is 8.37. The van der Waals surface area contributed by atoms with E-state index < -0.39 is 29.8 Å². The number of carbonyl (C=O) groups is 5. The minimum atomic E-state index is -0.812. The molecular weight excluding hydrogens is 933 g/mol. The van der Waals surface area contributed by atoms with E-state index in [1.165, 1.54) is 33.2 Å². The second-order valence-electron chi connectivity index (χ2n) is 23.0. The van der Waals surface area contributed by atoms with Crippen LogP contribution in [-0.4, -0.2) is 136 Å². The Morgan fingerprint density at radius 2 is 1.08 bits per heavy atom. The van der Waals surface area contributed by atoms with Crippen molar-refractivity contribution in [2.75, 3.05) is 40.4 Å². The Kier molecular flexibility index (Phi) is 18.5. The second-order valence-corrected chi connectivity index (χ2v) is 23.0. The van der Waals surface area contributed by atoms with Crippen molar-refractivity contribution in [3.8, 4) is 0 Å². The molecule has 6 atom stereocenters. The molecule has 15 heteroatoms. The van der Waals surface area contributed by atoms with Gasteiger partial charge in [0.1, 0.15) is 23.7 Å². The summed E-state index contributed by atoms with van der Waals surface area (Å²) >= 11 is 0. The normalized spacial score (nSPS) is 20.6. The number of hydrogen-bond acceptors (Lipinski definition) is 8. The molecule has 0 radical (unpaired) electrons. The summed E-state index contributed by atoms with van der Waals surface area (Å²) in [4.78, 5) is 74.5. The SMILES string of the molecule is CN[C@@H](C)C(=O)N[C@H](C(=O)N1CCC[C@H]1Cc1cn(CCOCCn2cc(C[C@@H]3CCCN3C(=O)[C@@H](NC(=O)[C@H](C)N(C)C(=O)OC(C)(C)C)C3CCCCC3)c3ccccc32)c2ccccc12)C1CCCCC1. The zero-order valence-corrected chi connectivity index (χ0v) is 45.5. The van der Waals surface area contributed by atoms with Crippen molar-refractivity contribution in [1.29, 1.82) is 0 Å². The monoisotopic (exact) mass is 1020 g/mol. The van der Waals surface area contributed by atoms with Crippen LogP contribution >= 0.6 is 0 Å². The molecule has 15 nitrogen and oxygen atoms in total. The van der Waals surface area contributed by atoms with E-state index in [0.29, 0.717) is 45.8 Å². The topological polar surface area (TPSA) is 159 Å². The number of fused-ring (bicyclic) bond motifs is 2. The van der Waals surface area contributed by atoms with E-state index in [0.717, 1.165) is 101 Å². The molecular formula is C59H86N8O7. The van der Waals surface area contributed by atoms with Crippen LogP contribution in [0.1, 0.15) is 136 Å². The standard InChI is InChI=1S/C59H86N8O7/c1-40(60-6)54(68)61-52(42-20-10-8-11-21-42)56(70)66-30-18-24-46(66)36-44-38-64(50-28-16-14-26-48(44)50)32-34-73-35-33-65-39-45(49-27-15-17-29-51(49)65)37-47-25-19-31-67(47)57(71)53(43-22-12-9-13-23-43)62-55(69)41(2)63(7)58(72)74-59(3,4)5/h14-17,26-29,38-43,46-47,52-53,60H,8-13,18-25,30-37H2,1-7H3,(H,61,68)(H,62,69)/t40-,41-,46-,47-,52-,53-/m0/s1. The first-order valence-electron chi connectivity index (χ1n) is 28.2. The van der Waals surface area contributed by atoms with Gasteiger partial charge in [0, 0.05) is 79.5 Å². The lowest BCUT2D eigenvalue weighted by atomic mass is 9.83. The molecule has 4 fully saturated rings. The van der Waals surface area contributed by atoms with Crippen LogP contribution in [0.2, 0.25) is 0 Å². The van der Waals surface area contributed by atoms with E-state index in [9.17, 15) is 24.0 Å². The maximum Gasteiger partial charge on any atom is 0.410 e. The smallest absolute Gasteiger partial charge is 0.410 e. The number of carbonyl (C=O) groups excluding carboxylic acids is 5. The molecule has 3 N–H and O–H groups in total. The zero-order chi connectivity index (χ0) is 52.5. The Hall–Kier alpha value is -5.41. The van der Waals surface area contributed by atoms with Gasteiger partial charge in [-0.15, -0.1) is 0 Å². The van der Waals surface area contributed by atoms with Gasteiger partial charge < -0.3 is 44.4 Å². The van der Waals surface area contributed by atoms with Crippen molar-refractivity contribution in [2.24, 2.45) is 11.8 Å². The summed E-state index contributed by atoms with van der Waals surface area (Å²) in [6.07, 6.45) is 19.4. The Labute approximate surface area is 439 Å². The van der Waals surface area contributed by atoms with Gasteiger partial charge in [0.2, 0.25) is 23.6 Å². The van der Waals surface area contributed by atoms with Gasteiger partial charge in [-0.1, -0.05) is 74.9 Å². The van der Waals surface area contributed by atoms with E-state index in [1.54, 1.807) is 41.8 Å². The van der Waals surface area contributed by atoms with Crippen molar-refractivity contribution < 1.29 is 33.4 Å². The summed E-state index contributed by atoms with van der Waals surface area (Å²) in [6, 6.07) is 14.7. The number of likely N-dealkylation sites (tertiary alicyclic amines) is 2.